The lowest BCUT2D eigenvalue weighted by molar-refractivity contribution is 0.406. The van der Waals surface area contributed by atoms with E-state index in [0.29, 0.717) is 11.2 Å². The smallest absolute Gasteiger partial charge is 0.155 e. The summed E-state index contributed by atoms with van der Waals surface area (Å²) in [4.78, 5) is 8.58. The molecular formula is C11H13ClN4. The standard InChI is InChI=1S/C11H13ClN4/c12-10-7-16-6-9(15-11(16)5-14-10)8-3-1-2-4-13-8/h5-8,13H,1-4H2. The number of nitrogens with zero attached hydrogens (tertiary/aromatic N) is 3. The molecule has 1 N–H and O–H groups in total. The topological polar surface area (TPSA) is 42.2 Å². The summed E-state index contributed by atoms with van der Waals surface area (Å²) in [5, 5.41) is 3.98. The lowest BCUT2D eigenvalue weighted by Gasteiger charge is -2.21. The molecule has 1 aliphatic heterocycles. The lowest BCUT2D eigenvalue weighted by Crippen LogP contribution is -2.26. The van der Waals surface area contributed by atoms with Crippen molar-refractivity contribution in [2.24, 2.45) is 0 Å². The molecule has 0 amide bonds. The summed E-state index contributed by atoms with van der Waals surface area (Å²) in [7, 11) is 0. The maximum absolute atomic E-state index is 5.84. The Balaban J connectivity index is 1.97. The van der Waals surface area contributed by atoms with Crippen molar-refractivity contribution >= 4 is 17.2 Å². The van der Waals surface area contributed by atoms with E-state index in [4.69, 9.17) is 11.6 Å². The Morgan fingerprint density at radius 3 is 3.12 bits per heavy atom. The number of imidazole rings is 1. The predicted molar refractivity (Wildman–Crippen MR) is 62.6 cm³/mol. The van der Waals surface area contributed by atoms with Gasteiger partial charge in [-0.25, -0.2) is 9.97 Å². The van der Waals surface area contributed by atoms with Gasteiger partial charge in [-0.2, -0.15) is 0 Å². The molecule has 3 rings (SSSR count). The Hall–Kier alpha value is -1.13. The van der Waals surface area contributed by atoms with Crippen LogP contribution in [-0.4, -0.2) is 20.9 Å². The molecule has 1 atom stereocenters. The average Bonchev–Trinajstić information content (AvgIpc) is 2.73. The van der Waals surface area contributed by atoms with Crippen LogP contribution < -0.4 is 5.32 Å². The van der Waals surface area contributed by atoms with E-state index >= 15 is 0 Å². The van der Waals surface area contributed by atoms with Gasteiger partial charge in [0, 0.05) is 12.4 Å². The maximum atomic E-state index is 5.84. The van der Waals surface area contributed by atoms with Crippen LogP contribution in [0.3, 0.4) is 0 Å². The summed E-state index contributed by atoms with van der Waals surface area (Å²) in [6.45, 7) is 1.08. The van der Waals surface area contributed by atoms with Crippen LogP contribution in [0.15, 0.2) is 18.6 Å². The summed E-state index contributed by atoms with van der Waals surface area (Å²) in [6.07, 6.45) is 9.21. The lowest BCUT2D eigenvalue weighted by atomic mass is 10.0. The van der Waals surface area contributed by atoms with Crippen molar-refractivity contribution in [3.8, 4) is 0 Å². The Kier molecular flexibility index (Phi) is 2.53. The molecule has 1 unspecified atom stereocenters. The fraction of sp³-hybridized carbons (Fsp3) is 0.455. The Bertz CT molecular complexity index is 502. The molecule has 0 bridgehead atoms. The first-order valence-electron chi connectivity index (χ1n) is 5.56. The number of nitrogens with one attached hydrogen (secondary N) is 1. The largest absolute Gasteiger partial charge is 0.309 e. The second-order valence-corrected chi connectivity index (χ2v) is 4.53. The highest BCUT2D eigenvalue weighted by Gasteiger charge is 2.17. The van der Waals surface area contributed by atoms with E-state index in [0.717, 1.165) is 24.3 Å². The van der Waals surface area contributed by atoms with Crippen LogP contribution >= 0.6 is 11.6 Å². The van der Waals surface area contributed by atoms with Crippen LogP contribution in [0.4, 0.5) is 0 Å². The van der Waals surface area contributed by atoms with Gasteiger partial charge in [0.25, 0.3) is 0 Å². The van der Waals surface area contributed by atoms with Crippen molar-refractivity contribution in [2.75, 3.05) is 6.54 Å². The molecule has 0 aliphatic carbocycles. The molecule has 1 aliphatic rings. The zero-order valence-corrected chi connectivity index (χ0v) is 9.61. The number of halogens is 1. The van der Waals surface area contributed by atoms with Crippen LogP contribution in [0.2, 0.25) is 5.15 Å². The minimum absolute atomic E-state index is 0.382. The van der Waals surface area contributed by atoms with Crippen molar-refractivity contribution < 1.29 is 0 Å². The summed E-state index contributed by atoms with van der Waals surface area (Å²) < 4.78 is 1.93. The molecule has 1 saturated heterocycles. The van der Waals surface area contributed by atoms with Crippen molar-refractivity contribution in [3.63, 3.8) is 0 Å². The first-order valence-corrected chi connectivity index (χ1v) is 5.94. The zero-order valence-electron chi connectivity index (χ0n) is 8.86. The molecule has 16 heavy (non-hydrogen) atoms. The van der Waals surface area contributed by atoms with Gasteiger partial charge >= 0.3 is 0 Å². The van der Waals surface area contributed by atoms with E-state index in [1.54, 1.807) is 12.4 Å². The van der Waals surface area contributed by atoms with E-state index in [-0.39, 0.29) is 0 Å². The molecule has 0 spiro atoms. The first kappa shape index (κ1) is 10.1. The van der Waals surface area contributed by atoms with Gasteiger partial charge in [0.1, 0.15) is 5.15 Å². The Labute approximate surface area is 98.7 Å². The molecule has 0 saturated carbocycles. The van der Waals surface area contributed by atoms with Gasteiger partial charge < -0.3 is 9.72 Å². The second kappa shape index (κ2) is 4.03. The summed E-state index contributed by atoms with van der Waals surface area (Å²) in [6, 6.07) is 0.382. The molecule has 4 nitrogen and oxygen atoms in total. The number of aromatic nitrogens is 3. The normalized spacial score (nSPS) is 21.4. The number of piperidine rings is 1. The fourth-order valence-electron chi connectivity index (χ4n) is 2.17. The highest BCUT2D eigenvalue weighted by Crippen LogP contribution is 2.22. The van der Waals surface area contributed by atoms with Crippen molar-refractivity contribution in [3.05, 3.63) is 29.4 Å². The number of rotatable bonds is 1. The Morgan fingerprint density at radius 1 is 1.38 bits per heavy atom. The van der Waals surface area contributed by atoms with Crippen LogP contribution in [0.5, 0.6) is 0 Å². The molecule has 84 valence electrons. The average molecular weight is 237 g/mol. The molecule has 0 radical (unpaired) electrons. The fourth-order valence-corrected chi connectivity index (χ4v) is 2.32. The van der Waals surface area contributed by atoms with Gasteiger partial charge in [-0.05, 0) is 19.4 Å². The monoisotopic (exact) mass is 236 g/mol. The van der Waals surface area contributed by atoms with E-state index in [1.807, 2.05) is 10.6 Å². The summed E-state index contributed by atoms with van der Waals surface area (Å²) >= 11 is 5.84. The van der Waals surface area contributed by atoms with E-state index < -0.39 is 0 Å². The third-order valence-electron chi connectivity index (χ3n) is 3.00. The van der Waals surface area contributed by atoms with Crippen LogP contribution in [-0.2, 0) is 0 Å². The van der Waals surface area contributed by atoms with E-state index in [9.17, 15) is 0 Å². The first-order chi connectivity index (χ1) is 7.83. The van der Waals surface area contributed by atoms with Crippen molar-refractivity contribution in [1.29, 1.82) is 0 Å². The molecular weight excluding hydrogens is 224 g/mol. The SMILES string of the molecule is Clc1cn2cc(C3CCCCN3)nc2cn1. The molecule has 2 aromatic rings. The van der Waals surface area contributed by atoms with E-state index in [2.05, 4.69) is 15.3 Å². The van der Waals surface area contributed by atoms with Gasteiger partial charge in [0.05, 0.1) is 17.9 Å². The molecule has 0 aromatic carbocycles. The van der Waals surface area contributed by atoms with Crippen molar-refractivity contribution in [2.45, 2.75) is 25.3 Å². The number of hydrogen-bond acceptors (Lipinski definition) is 3. The van der Waals surface area contributed by atoms with Gasteiger partial charge in [-0.15, -0.1) is 0 Å². The van der Waals surface area contributed by atoms with Crippen LogP contribution in [0.1, 0.15) is 31.0 Å². The van der Waals surface area contributed by atoms with Gasteiger partial charge in [0.15, 0.2) is 5.65 Å². The Morgan fingerprint density at radius 2 is 2.31 bits per heavy atom. The number of fused-ring (bicyclic) bond motifs is 1. The molecule has 5 heteroatoms. The predicted octanol–water partition coefficient (Wildman–Crippen LogP) is 2.20. The number of hydrogen-bond donors (Lipinski definition) is 1. The molecule has 1 fully saturated rings. The van der Waals surface area contributed by atoms with Gasteiger partial charge in [-0.1, -0.05) is 18.0 Å². The van der Waals surface area contributed by atoms with Gasteiger partial charge in [-0.3, -0.25) is 0 Å². The van der Waals surface area contributed by atoms with Crippen LogP contribution in [0.25, 0.3) is 5.65 Å². The maximum Gasteiger partial charge on any atom is 0.155 e. The molecule has 3 heterocycles. The van der Waals surface area contributed by atoms with Crippen LogP contribution in [0, 0.1) is 0 Å². The molecule has 2 aromatic heterocycles. The highest BCUT2D eigenvalue weighted by molar-refractivity contribution is 6.29. The second-order valence-electron chi connectivity index (χ2n) is 4.14. The van der Waals surface area contributed by atoms with E-state index in [1.165, 1.54) is 12.8 Å². The highest BCUT2D eigenvalue weighted by atomic mass is 35.5. The summed E-state index contributed by atoms with van der Waals surface area (Å²) in [5.41, 5.74) is 1.94. The van der Waals surface area contributed by atoms with Crippen molar-refractivity contribution in [1.82, 2.24) is 19.7 Å². The zero-order chi connectivity index (χ0) is 11.0. The minimum Gasteiger partial charge on any atom is -0.309 e. The third kappa shape index (κ3) is 1.79. The third-order valence-corrected chi connectivity index (χ3v) is 3.19. The van der Waals surface area contributed by atoms with Gasteiger partial charge in [0.2, 0.25) is 0 Å². The summed E-state index contributed by atoms with van der Waals surface area (Å²) in [5.74, 6) is 0. The quantitative estimate of drug-likeness (QED) is 0.826. The minimum atomic E-state index is 0.382.